The number of amides is 1. The quantitative estimate of drug-likeness (QED) is 0.831. The van der Waals surface area contributed by atoms with Crippen LogP contribution in [0.1, 0.15) is 44.1 Å². The zero-order chi connectivity index (χ0) is 18.1. The third kappa shape index (κ3) is 3.41. The minimum atomic E-state index is -0.434. The first-order valence-electron chi connectivity index (χ1n) is 8.16. The number of H-pyrrole nitrogens is 1. The first-order valence-corrected chi connectivity index (χ1v) is 9.42. The van der Waals surface area contributed by atoms with Gasteiger partial charge in [-0.25, -0.2) is 0 Å². The van der Waals surface area contributed by atoms with Crippen LogP contribution in [0.2, 0.25) is 5.02 Å². The number of aromatic nitrogens is 1. The summed E-state index contributed by atoms with van der Waals surface area (Å²) in [5, 5.41) is 2.27. The van der Waals surface area contributed by atoms with Gasteiger partial charge >= 0.3 is 0 Å². The van der Waals surface area contributed by atoms with Gasteiger partial charge in [0.05, 0.1) is 9.90 Å². The van der Waals surface area contributed by atoms with Gasteiger partial charge in [-0.2, -0.15) is 0 Å². The third-order valence-electron chi connectivity index (χ3n) is 4.62. The fourth-order valence-electron chi connectivity index (χ4n) is 3.26. The average Bonchev–Trinajstić information content (AvgIpc) is 3.13. The number of halogens is 1. The summed E-state index contributed by atoms with van der Waals surface area (Å²) in [5.41, 5.74) is 0.667. The molecule has 1 N–H and O–H groups in total. The molecule has 2 aromatic heterocycles. The maximum absolute atomic E-state index is 12.9. The van der Waals surface area contributed by atoms with Crippen molar-refractivity contribution in [3.8, 4) is 0 Å². The maximum atomic E-state index is 12.9. The minimum Gasteiger partial charge on any atom is -0.338 e. The monoisotopic (exact) mass is 378 g/mol. The largest absolute Gasteiger partial charge is 0.338 e. The molecular formula is C18H19ClN2O3S. The fourth-order valence-corrected chi connectivity index (χ4v) is 4.15. The topological polar surface area (TPSA) is 70.2 Å². The molecule has 1 fully saturated rings. The molecule has 0 unspecified atom stereocenters. The molecular weight excluding hydrogens is 360 g/mol. The number of aryl methyl sites for hydroxylation is 1. The maximum Gasteiger partial charge on any atom is 0.261 e. The van der Waals surface area contributed by atoms with Crippen LogP contribution in [-0.2, 0) is 0 Å². The minimum absolute atomic E-state index is 0.0693. The molecule has 132 valence electrons. The highest BCUT2D eigenvalue weighted by molar-refractivity contribution is 7.12. The zero-order valence-corrected chi connectivity index (χ0v) is 15.7. The second-order valence-corrected chi connectivity index (χ2v) is 7.65. The summed E-state index contributed by atoms with van der Waals surface area (Å²) in [6, 6.07) is 3.66. The molecule has 25 heavy (non-hydrogen) atoms. The van der Waals surface area contributed by atoms with E-state index in [2.05, 4.69) is 4.98 Å². The lowest BCUT2D eigenvalue weighted by Crippen LogP contribution is -2.44. The van der Waals surface area contributed by atoms with Gasteiger partial charge in [0.15, 0.2) is 5.78 Å². The van der Waals surface area contributed by atoms with E-state index in [9.17, 15) is 14.4 Å². The second kappa shape index (κ2) is 7.14. The van der Waals surface area contributed by atoms with Crippen LogP contribution in [-0.4, -0.2) is 34.7 Å². The number of hydrogen-bond donors (Lipinski definition) is 1. The van der Waals surface area contributed by atoms with Gasteiger partial charge in [-0.1, -0.05) is 17.7 Å². The standard InChI is InChI=1S/C18H19ClN2O3S/c1-10-14(17(23)20-11(2)15(10)19)18(24)21-7-3-5-12(9-21)16(22)13-6-4-8-25-13/h4,6,8,12H,3,5,7,9H2,1-2H3,(H,20,23)/t12-/m0/s1. The number of carbonyl (C=O) groups is 2. The van der Waals surface area contributed by atoms with E-state index in [-0.39, 0.29) is 23.2 Å². The highest BCUT2D eigenvalue weighted by Gasteiger charge is 2.31. The molecule has 0 spiro atoms. The summed E-state index contributed by atoms with van der Waals surface area (Å²) in [5.74, 6) is -0.513. The number of rotatable bonds is 3. The molecule has 3 heterocycles. The van der Waals surface area contributed by atoms with Crippen molar-refractivity contribution in [3.63, 3.8) is 0 Å². The number of nitrogens with zero attached hydrogens (tertiary/aromatic N) is 1. The summed E-state index contributed by atoms with van der Waals surface area (Å²) in [6.45, 7) is 4.25. The predicted octanol–water partition coefficient (Wildman–Crippen LogP) is 3.44. The number of pyridine rings is 1. The SMILES string of the molecule is Cc1[nH]c(=O)c(C(=O)N2CCC[C@H](C(=O)c3cccs3)C2)c(C)c1Cl. The number of piperidine rings is 1. The number of hydrogen-bond acceptors (Lipinski definition) is 4. The Kier molecular flexibility index (Phi) is 5.11. The number of thiophene rings is 1. The Bertz CT molecular complexity index is 873. The van der Waals surface area contributed by atoms with E-state index in [1.807, 2.05) is 17.5 Å². The van der Waals surface area contributed by atoms with E-state index in [0.29, 0.717) is 34.2 Å². The first-order chi connectivity index (χ1) is 11.9. The number of Topliss-reactive ketones (excluding diaryl/α,β-unsaturated/α-hetero) is 1. The summed E-state index contributed by atoms with van der Waals surface area (Å²) < 4.78 is 0. The van der Waals surface area contributed by atoms with Gasteiger partial charge in [-0.15, -0.1) is 11.3 Å². The van der Waals surface area contributed by atoms with Crippen LogP contribution < -0.4 is 5.56 Å². The normalized spacial score (nSPS) is 17.6. The van der Waals surface area contributed by atoms with Gasteiger partial charge in [0, 0.05) is 24.7 Å². The van der Waals surface area contributed by atoms with Gasteiger partial charge in [0.25, 0.3) is 11.5 Å². The van der Waals surface area contributed by atoms with Gasteiger partial charge in [-0.05, 0) is 43.7 Å². The van der Waals surface area contributed by atoms with Crippen LogP contribution in [0.3, 0.4) is 0 Å². The van der Waals surface area contributed by atoms with Gasteiger partial charge in [-0.3, -0.25) is 14.4 Å². The average molecular weight is 379 g/mol. The van der Waals surface area contributed by atoms with Crippen LogP contribution in [0, 0.1) is 19.8 Å². The highest BCUT2D eigenvalue weighted by Crippen LogP contribution is 2.25. The van der Waals surface area contributed by atoms with Crippen LogP contribution in [0.4, 0.5) is 0 Å². The second-order valence-electron chi connectivity index (χ2n) is 6.32. The molecule has 0 saturated carbocycles. The van der Waals surface area contributed by atoms with Crippen LogP contribution >= 0.6 is 22.9 Å². The number of aromatic amines is 1. The highest BCUT2D eigenvalue weighted by atomic mass is 35.5. The number of likely N-dealkylation sites (tertiary alicyclic amines) is 1. The van der Waals surface area contributed by atoms with E-state index >= 15 is 0 Å². The molecule has 7 heteroatoms. The molecule has 1 saturated heterocycles. The summed E-state index contributed by atoms with van der Waals surface area (Å²) in [7, 11) is 0. The van der Waals surface area contributed by atoms with Crippen molar-refractivity contribution in [1.82, 2.24) is 9.88 Å². The number of carbonyl (C=O) groups excluding carboxylic acids is 2. The van der Waals surface area contributed by atoms with Crippen molar-refractivity contribution in [2.24, 2.45) is 5.92 Å². The lowest BCUT2D eigenvalue weighted by Gasteiger charge is -2.32. The zero-order valence-electron chi connectivity index (χ0n) is 14.1. The van der Waals surface area contributed by atoms with Crippen molar-refractivity contribution in [3.05, 3.63) is 54.6 Å². The Morgan fingerprint density at radius 1 is 1.36 bits per heavy atom. The first kappa shape index (κ1) is 17.9. The third-order valence-corrected chi connectivity index (χ3v) is 6.07. The molecule has 1 aliphatic rings. The summed E-state index contributed by atoms with van der Waals surface area (Å²) >= 11 is 7.60. The molecule has 0 aromatic carbocycles. The molecule has 1 amide bonds. The van der Waals surface area contributed by atoms with E-state index in [1.165, 1.54) is 11.3 Å². The van der Waals surface area contributed by atoms with E-state index in [4.69, 9.17) is 11.6 Å². The Morgan fingerprint density at radius 2 is 2.12 bits per heavy atom. The lowest BCUT2D eigenvalue weighted by atomic mass is 9.92. The van der Waals surface area contributed by atoms with E-state index in [0.717, 1.165) is 12.8 Å². The lowest BCUT2D eigenvalue weighted by molar-refractivity contribution is 0.0636. The van der Waals surface area contributed by atoms with Crippen LogP contribution in [0.15, 0.2) is 22.3 Å². The molecule has 1 atom stereocenters. The van der Waals surface area contributed by atoms with Gasteiger partial charge in [0.1, 0.15) is 5.56 Å². The predicted molar refractivity (Wildman–Crippen MR) is 98.8 cm³/mol. The number of nitrogens with one attached hydrogen (secondary N) is 1. The molecule has 3 rings (SSSR count). The van der Waals surface area contributed by atoms with Crippen molar-refractivity contribution in [2.45, 2.75) is 26.7 Å². The summed E-state index contributed by atoms with van der Waals surface area (Å²) in [4.78, 5) is 42.7. The molecule has 0 radical (unpaired) electrons. The molecule has 2 aromatic rings. The van der Waals surface area contributed by atoms with Crippen molar-refractivity contribution >= 4 is 34.6 Å². The fraction of sp³-hybridized carbons (Fsp3) is 0.389. The van der Waals surface area contributed by atoms with Crippen LogP contribution in [0.25, 0.3) is 0 Å². The van der Waals surface area contributed by atoms with Gasteiger partial charge in [0.2, 0.25) is 0 Å². The number of ketones is 1. The smallest absolute Gasteiger partial charge is 0.261 e. The van der Waals surface area contributed by atoms with Crippen molar-refractivity contribution < 1.29 is 9.59 Å². The van der Waals surface area contributed by atoms with Crippen molar-refractivity contribution in [1.29, 1.82) is 0 Å². The Hall–Kier alpha value is -1.92. The van der Waals surface area contributed by atoms with Crippen molar-refractivity contribution in [2.75, 3.05) is 13.1 Å². The van der Waals surface area contributed by atoms with E-state index in [1.54, 1.807) is 18.7 Å². The van der Waals surface area contributed by atoms with E-state index < -0.39 is 5.56 Å². The molecule has 0 aliphatic carbocycles. The molecule has 0 bridgehead atoms. The molecule has 5 nitrogen and oxygen atoms in total. The Labute approximate surface area is 154 Å². The Balaban J connectivity index is 1.85. The summed E-state index contributed by atoms with van der Waals surface area (Å²) in [6.07, 6.45) is 1.49. The Morgan fingerprint density at radius 3 is 2.80 bits per heavy atom. The molecule has 1 aliphatic heterocycles. The van der Waals surface area contributed by atoms with Crippen LogP contribution in [0.5, 0.6) is 0 Å². The van der Waals surface area contributed by atoms with Gasteiger partial charge < -0.3 is 9.88 Å².